The quantitative estimate of drug-likeness (QED) is 0.457. The number of phenols is 2. The van der Waals surface area contributed by atoms with Gasteiger partial charge in [-0.1, -0.05) is 12.1 Å². The molecule has 0 saturated carbocycles. The predicted molar refractivity (Wildman–Crippen MR) is 40.6 cm³/mol. The molecule has 0 spiro atoms. The average Bonchev–Trinajstić information content (AvgIpc) is 1.77. The molecule has 0 aliphatic heterocycles. The van der Waals surface area contributed by atoms with E-state index in [1.807, 2.05) is 0 Å². The number of para-hydroxylation sites is 2. The van der Waals surface area contributed by atoms with Gasteiger partial charge >= 0.3 is 0 Å². The lowest BCUT2D eigenvalue weighted by Crippen LogP contribution is -1.63. The molecule has 0 radical (unpaired) electrons. The largest absolute Gasteiger partial charge is 0.504 e. The second-order valence-corrected chi connectivity index (χ2v) is 1.49. The van der Waals surface area contributed by atoms with Crippen LogP contribution in [0.5, 0.6) is 11.5 Å². The number of rotatable bonds is 0. The summed E-state index contributed by atoms with van der Waals surface area (Å²) >= 11 is 0. The van der Waals surface area contributed by atoms with Crippen molar-refractivity contribution >= 4 is 0 Å². The molecule has 1 aromatic rings. The third kappa shape index (κ3) is 4.15. The van der Waals surface area contributed by atoms with E-state index in [0.717, 1.165) is 0 Å². The Hall–Kier alpha value is -1.30. The Morgan fingerprint density at radius 2 is 1.00 bits per heavy atom. The molecule has 5 nitrogen and oxygen atoms in total. The van der Waals surface area contributed by atoms with Crippen LogP contribution in [0.25, 0.3) is 0 Å². The van der Waals surface area contributed by atoms with Gasteiger partial charge in [0.15, 0.2) is 11.5 Å². The van der Waals surface area contributed by atoms with Crippen LogP contribution in [0, 0.1) is 0 Å². The summed E-state index contributed by atoms with van der Waals surface area (Å²) in [5.74, 6) is -0.153. The summed E-state index contributed by atoms with van der Waals surface area (Å²) in [6.07, 6.45) is 0. The van der Waals surface area contributed by atoms with Gasteiger partial charge in [-0.2, -0.15) is 0 Å². The van der Waals surface area contributed by atoms with E-state index in [0.29, 0.717) is 0 Å². The fraction of sp³-hybridized carbons (Fsp3) is 0. The molecule has 0 saturated heterocycles. The standard InChI is InChI=1S/C6H6O2.3H2O/c7-5-3-1-2-4-6(5)8;;;/h1-4,7-8H;3*1H2. The van der Waals surface area contributed by atoms with Crippen LogP contribution in [0.1, 0.15) is 0 Å². The molecule has 1 aromatic carbocycles. The summed E-state index contributed by atoms with van der Waals surface area (Å²) in [6.45, 7) is 0. The number of aromatic hydroxyl groups is 2. The minimum atomic E-state index is -0.0764. The maximum absolute atomic E-state index is 8.67. The fourth-order valence-corrected chi connectivity index (χ4v) is 0.464. The van der Waals surface area contributed by atoms with Gasteiger partial charge in [0, 0.05) is 0 Å². The monoisotopic (exact) mass is 164 g/mol. The molecular formula is C6H12O5. The lowest BCUT2D eigenvalue weighted by Gasteiger charge is -1.91. The molecule has 0 fully saturated rings. The highest BCUT2D eigenvalue weighted by Gasteiger charge is 1.90. The second kappa shape index (κ2) is 6.81. The van der Waals surface area contributed by atoms with Crippen LogP contribution in [0.2, 0.25) is 0 Å². The zero-order valence-corrected chi connectivity index (χ0v) is 5.70. The summed E-state index contributed by atoms with van der Waals surface area (Å²) in [4.78, 5) is 0. The molecule has 0 unspecified atom stereocenters. The Balaban J connectivity index is -0.000000213. The topological polar surface area (TPSA) is 135 Å². The van der Waals surface area contributed by atoms with Gasteiger partial charge in [-0.25, -0.2) is 0 Å². The predicted octanol–water partition coefficient (Wildman–Crippen LogP) is -1.38. The molecule has 0 heterocycles. The first-order valence-electron chi connectivity index (χ1n) is 2.27. The summed E-state index contributed by atoms with van der Waals surface area (Å²) in [6, 6.07) is 6.15. The van der Waals surface area contributed by atoms with Crippen LogP contribution in [-0.4, -0.2) is 26.6 Å². The minimum Gasteiger partial charge on any atom is -0.504 e. The molecule has 0 aromatic heterocycles. The highest BCUT2D eigenvalue weighted by Crippen LogP contribution is 2.21. The summed E-state index contributed by atoms with van der Waals surface area (Å²) in [5, 5.41) is 17.3. The lowest BCUT2D eigenvalue weighted by molar-refractivity contribution is 0.404. The van der Waals surface area contributed by atoms with Crippen LogP contribution < -0.4 is 0 Å². The Labute approximate surface area is 63.5 Å². The van der Waals surface area contributed by atoms with Crippen LogP contribution in [0.3, 0.4) is 0 Å². The Kier molecular flexibility index (Phi) is 10.1. The summed E-state index contributed by atoms with van der Waals surface area (Å²) in [5.41, 5.74) is 0. The van der Waals surface area contributed by atoms with Crippen LogP contribution in [-0.2, 0) is 0 Å². The van der Waals surface area contributed by atoms with Crippen molar-refractivity contribution in [2.24, 2.45) is 0 Å². The molecule has 0 bridgehead atoms. The highest BCUT2D eigenvalue weighted by molar-refractivity contribution is 5.36. The third-order valence-electron chi connectivity index (χ3n) is 0.882. The Morgan fingerprint density at radius 1 is 0.727 bits per heavy atom. The Morgan fingerprint density at radius 3 is 1.18 bits per heavy atom. The van der Waals surface area contributed by atoms with E-state index >= 15 is 0 Å². The summed E-state index contributed by atoms with van der Waals surface area (Å²) in [7, 11) is 0. The SMILES string of the molecule is O.O.O.Oc1ccccc1O. The number of hydrogen-bond donors (Lipinski definition) is 2. The molecule has 0 atom stereocenters. The summed E-state index contributed by atoms with van der Waals surface area (Å²) < 4.78 is 0. The van der Waals surface area contributed by atoms with Crippen molar-refractivity contribution in [3.63, 3.8) is 0 Å². The molecule has 0 aliphatic rings. The van der Waals surface area contributed by atoms with E-state index in [4.69, 9.17) is 10.2 Å². The van der Waals surface area contributed by atoms with E-state index < -0.39 is 0 Å². The zero-order chi connectivity index (χ0) is 5.98. The normalized spacial score (nSPS) is 6.55. The van der Waals surface area contributed by atoms with Crippen molar-refractivity contribution in [2.75, 3.05) is 0 Å². The van der Waals surface area contributed by atoms with Crippen LogP contribution in [0.15, 0.2) is 24.3 Å². The highest BCUT2D eigenvalue weighted by atomic mass is 16.3. The minimum absolute atomic E-state index is 0. The van der Waals surface area contributed by atoms with E-state index in [1.165, 1.54) is 12.1 Å². The van der Waals surface area contributed by atoms with Gasteiger partial charge in [-0.15, -0.1) is 0 Å². The van der Waals surface area contributed by atoms with E-state index in [9.17, 15) is 0 Å². The van der Waals surface area contributed by atoms with Crippen LogP contribution in [0.4, 0.5) is 0 Å². The smallest absolute Gasteiger partial charge is 0.157 e. The zero-order valence-electron chi connectivity index (χ0n) is 5.70. The van der Waals surface area contributed by atoms with E-state index in [1.54, 1.807) is 12.1 Å². The van der Waals surface area contributed by atoms with Gasteiger partial charge in [0.1, 0.15) is 0 Å². The van der Waals surface area contributed by atoms with Crippen molar-refractivity contribution in [3.05, 3.63) is 24.3 Å². The van der Waals surface area contributed by atoms with Crippen molar-refractivity contribution < 1.29 is 26.6 Å². The van der Waals surface area contributed by atoms with Gasteiger partial charge in [-0.05, 0) is 12.1 Å². The number of hydrogen-bond acceptors (Lipinski definition) is 2. The molecule has 0 aliphatic carbocycles. The van der Waals surface area contributed by atoms with Crippen molar-refractivity contribution in [1.29, 1.82) is 0 Å². The lowest BCUT2D eigenvalue weighted by atomic mass is 10.3. The molecule has 1 rings (SSSR count). The van der Waals surface area contributed by atoms with Crippen LogP contribution >= 0.6 is 0 Å². The molecular weight excluding hydrogens is 152 g/mol. The third-order valence-corrected chi connectivity index (χ3v) is 0.882. The van der Waals surface area contributed by atoms with E-state index in [2.05, 4.69) is 0 Å². The first kappa shape index (κ1) is 16.4. The fourth-order valence-electron chi connectivity index (χ4n) is 0.464. The maximum Gasteiger partial charge on any atom is 0.157 e. The van der Waals surface area contributed by atoms with Gasteiger partial charge in [0.2, 0.25) is 0 Å². The number of phenolic OH excluding ortho intramolecular Hbond substituents is 2. The van der Waals surface area contributed by atoms with Crippen molar-refractivity contribution in [1.82, 2.24) is 0 Å². The number of benzene rings is 1. The molecule has 0 amide bonds. The van der Waals surface area contributed by atoms with Crippen molar-refractivity contribution in [3.8, 4) is 11.5 Å². The van der Waals surface area contributed by atoms with Gasteiger partial charge in [0.25, 0.3) is 0 Å². The van der Waals surface area contributed by atoms with Gasteiger partial charge < -0.3 is 26.6 Å². The molecule has 8 N–H and O–H groups in total. The van der Waals surface area contributed by atoms with E-state index in [-0.39, 0.29) is 27.9 Å². The van der Waals surface area contributed by atoms with Gasteiger partial charge in [0.05, 0.1) is 0 Å². The average molecular weight is 164 g/mol. The van der Waals surface area contributed by atoms with Crippen molar-refractivity contribution in [2.45, 2.75) is 0 Å². The second-order valence-electron chi connectivity index (χ2n) is 1.49. The maximum atomic E-state index is 8.67. The first-order valence-corrected chi connectivity index (χ1v) is 2.27. The molecule has 5 heteroatoms. The molecule has 11 heavy (non-hydrogen) atoms. The Bertz CT molecular complexity index is 167. The first-order chi connectivity index (χ1) is 3.80. The van der Waals surface area contributed by atoms with Gasteiger partial charge in [-0.3, -0.25) is 0 Å². The molecule has 66 valence electrons.